The van der Waals surface area contributed by atoms with Crippen LogP contribution in [0.3, 0.4) is 0 Å². The minimum atomic E-state index is -1.85. The molecule has 1 heterocycles. The number of aliphatic hydroxyl groups excluding tert-OH is 3. The average molecular weight is 759 g/mol. The zero-order valence-corrected chi connectivity index (χ0v) is 33.5. The molecule has 11 nitrogen and oxygen atoms in total. The molecule has 0 saturated carbocycles. The highest BCUT2D eigenvalue weighted by atomic mass is 16.7. The average Bonchev–Trinajstić information content (AvgIpc) is 3.14. The van der Waals surface area contributed by atoms with Crippen LogP contribution in [0.5, 0.6) is 0 Å². The van der Waals surface area contributed by atoms with Crippen LogP contribution in [0.15, 0.2) is 0 Å². The molecule has 0 radical (unpaired) electrons. The Balaban J connectivity index is 2.36. The molecule has 1 aliphatic heterocycles. The van der Waals surface area contributed by atoms with Gasteiger partial charge in [-0.25, -0.2) is 4.79 Å². The van der Waals surface area contributed by atoms with E-state index in [-0.39, 0.29) is 26.1 Å². The normalized spacial score (nSPS) is 20.7. The molecule has 0 spiro atoms. The number of carboxylic acids is 1. The van der Waals surface area contributed by atoms with E-state index in [1.807, 2.05) is 0 Å². The van der Waals surface area contributed by atoms with Crippen LogP contribution in [0.25, 0.3) is 0 Å². The zero-order chi connectivity index (χ0) is 38.9. The topological polar surface area (TPSA) is 169 Å². The van der Waals surface area contributed by atoms with Gasteiger partial charge in [-0.15, -0.1) is 0 Å². The fourth-order valence-corrected chi connectivity index (χ4v) is 6.76. The first kappa shape index (κ1) is 49.2. The minimum absolute atomic E-state index is 0.190. The van der Waals surface area contributed by atoms with Crippen LogP contribution in [0.2, 0.25) is 0 Å². The molecule has 6 atom stereocenters. The highest BCUT2D eigenvalue weighted by Gasteiger charge is 2.47. The number of carbonyl (C=O) groups is 3. The van der Waals surface area contributed by atoms with Crippen molar-refractivity contribution < 1.29 is 53.8 Å². The third-order valence-electron chi connectivity index (χ3n) is 10.2. The molecule has 6 unspecified atom stereocenters. The number of rotatable bonds is 36. The summed E-state index contributed by atoms with van der Waals surface area (Å²) < 4.78 is 21.7. The van der Waals surface area contributed by atoms with Gasteiger partial charge in [-0.1, -0.05) is 174 Å². The lowest BCUT2D eigenvalue weighted by molar-refractivity contribution is -0.298. The summed E-state index contributed by atoms with van der Waals surface area (Å²) in [6.45, 7) is 3.81. The summed E-state index contributed by atoms with van der Waals surface area (Å²) >= 11 is 0. The van der Waals surface area contributed by atoms with Crippen molar-refractivity contribution in [2.75, 3.05) is 13.2 Å². The number of hydrogen-bond acceptors (Lipinski definition) is 10. The maximum absolute atomic E-state index is 12.7. The Bertz CT molecular complexity index is 900. The van der Waals surface area contributed by atoms with Gasteiger partial charge in [-0.05, 0) is 12.8 Å². The van der Waals surface area contributed by atoms with Crippen LogP contribution in [0.1, 0.15) is 200 Å². The second kappa shape index (κ2) is 33.5. The molecule has 0 aromatic rings. The molecule has 53 heavy (non-hydrogen) atoms. The van der Waals surface area contributed by atoms with Crippen LogP contribution in [-0.4, -0.2) is 88.4 Å². The standard InChI is InChI=1S/C42H78O11/c1-3-5-7-9-11-13-15-16-17-18-19-21-22-24-26-28-30-35(43)50-32-34(33-51-42-39(47)37(45)38(46)40(53-42)41(48)49)52-36(44)31-29-27-25-23-20-14-12-10-8-6-4-2/h34,37-40,42,45-47H,3-33H2,1-2H3,(H,48,49). The summed E-state index contributed by atoms with van der Waals surface area (Å²) in [5, 5.41) is 39.7. The van der Waals surface area contributed by atoms with Gasteiger partial charge in [-0.3, -0.25) is 9.59 Å². The van der Waals surface area contributed by atoms with Gasteiger partial charge in [0, 0.05) is 12.8 Å². The highest BCUT2D eigenvalue weighted by molar-refractivity contribution is 5.73. The van der Waals surface area contributed by atoms with E-state index in [0.717, 1.165) is 38.5 Å². The van der Waals surface area contributed by atoms with Gasteiger partial charge >= 0.3 is 17.9 Å². The summed E-state index contributed by atoms with van der Waals surface area (Å²) in [6, 6.07) is 0. The molecule has 1 rings (SSSR count). The van der Waals surface area contributed by atoms with Crippen LogP contribution in [0.4, 0.5) is 0 Å². The van der Waals surface area contributed by atoms with Gasteiger partial charge in [0.05, 0.1) is 6.61 Å². The first-order chi connectivity index (χ1) is 25.7. The number of hydrogen-bond donors (Lipinski definition) is 4. The number of carbonyl (C=O) groups excluding carboxylic acids is 2. The van der Waals surface area contributed by atoms with Gasteiger partial charge in [0.1, 0.15) is 24.9 Å². The van der Waals surface area contributed by atoms with Crippen molar-refractivity contribution in [3.63, 3.8) is 0 Å². The summed E-state index contributed by atoms with van der Waals surface area (Å²) in [6.07, 6.45) is 23.0. The quantitative estimate of drug-likeness (QED) is 0.0356. The van der Waals surface area contributed by atoms with Crippen LogP contribution in [0, 0.1) is 0 Å². The Morgan fingerprint density at radius 2 is 0.887 bits per heavy atom. The smallest absolute Gasteiger partial charge is 0.335 e. The minimum Gasteiger partial charge on any atom is -0.479 e. The largest absolute Gasteiger partial charge is 0.479 e. The predicted molar refractivity (Wildman–Crippen MR) is 206 cm³/mol. The van der Waals surface area contributed by atoms with Gasteiger partial charge in [0.2, 0.25) is 0 Å². The fraction of sp³-hybridized carbons (Fsp3) is 0.929. The Morgan fingerprint density at radius 1 is 0.509 bits per heavy atom. The van der Waals surface area contributed by atoms with E-state index in [0.29, 0.717) is 12.8 Å². The zero-order valence-electron chi connectivity index (χ0n) is 33.5. The maximum Gasteiger partial charge on any atom is 0.335 e. The molecule has 1 fully saturated rings. The van der Waals surface area contributed by atoms with Crippen LogP contribution < -0.4 is 0 Å². The van der Waals surface area contributed by atoms with Crippen molar-refractivity contribution in [2.45, 2.75) is 237 Å². The number of esters is 2. The van der Waals surface area contributed by atoms with E-state index in [2.05, 4.69) is 13.8 Å². The molecule has 0 bridgehead atoms. The lowest BCUT2D eigenvalue weighted by atomic mass is 9.99. The third-order valence-corrected chi connectivity index (χ3v) is 10.2. The fourth-order valence-electron chi connectivity index (χ4n) is 6.76. The number of ether oxygens (including phenoxy) is 4. The number of unbranched alkanes of at least 4 members (excludes halogenated alkanes) is 25. The monoisotopic (exact) mass is 759 g/mol. The lowest BCUT2D eigenvalue weighted by Crippen LogP contribution is -2.60. The molecule has 11 heteroatoms. The van der Waals surface area contributed by atoms with E-state index in [1.165, 1.54) is 122 Å². The molecule has 0 amide bonds. The van der Waals surface area contributed by atoms with Crippen LogP contribution in [-0.2, 0) is 33.3 Å². The van der Waals surface area contributed by atoms with Crippen molar-refractivity contribution in [1.82, 2.24) is 0 Å². The number of carboxylic acid groups (broad SMARTS) is 1. The van der Waals surface area contributed by atoms with Crippen molar-refractivity contribution in [3.05, 3.63) is 0 Å². The van der Waals surface area contributed by atoms with Gasteiger partial charge in [0.15, 0.2) is 18.5 Å². The molecule has 4 N–H and O–H groups in total. The maximum atomic E-state index is 12.7. The van der Waals surface area contributed by atoms with Crippen molar-refractivity contribution in [1.29, 1.82) is 0 Å². The van der Waals surface area contributed by atoms with Crippen molar-refractivity contribution in [3.8, 4) is 0 Å². The second-order valence-corrected chi connectivity index (χ2v) is 15.2. The van der Waals surface area contributed by atoms with E-state index < -0.39 is 54.7 Å². The van der Waals surface area contributed by atoms with Crippen LogP contribution >= 0.6 is 0 Å². The predicted octanol–water partition coefficient (Wildman–Crippen LogP) is 8.70. The second-order valence-electron chi connectivity index (χ2n) is 15.2. The number of aliphatic carboxylic acids is 1. The van der Waals surface area contributed by atoms with E-state index >= 15 is 0 Å². The summed E-state index contributed by atoms with van der Waals surface area (Å²) in [5.41, 5.74) is 0. The third kappa shape index (κ3) is 25.8. The van der Waals surface area contributed by atoms with Gasteiger partial charge in [-0.2, -0.15) is 0 Å². The summed E-state index contributed by atoms with van der Waals surface area (Å²) in [4.78, 5) is 36.7. The summed E-state index contributed by atoms with van der Waals surface area (Å²) in [7, 11) is 0. The molecule has 312 valence electrons. The molecule has 0 aromatic carbocycles. The molecular formula is C42H78O11. The van der Waals surface area contributed by atoms with Gasteiger partial charge < -0.3 is 39.4 Å². The highest BCUT2D eigenvalue weighted by Crippen LogP contribution is 2.23. The van der Waals surface area contributed by atoms with Crippen molar-refractivity contribution >= 4 is 17.9 Å². The SMILES string of the molecule is CCCCCCCCCCCCCCCCCCC(=O)OCC(COC1OC(C(=O)O)C(O)C(O)C1O)OC(=O)CCCCCCCCCCCCC. The van der Waals surface area contributed by atoms with E-state index in [4.69, 9.17) is 18.9 Å². The van der Waals surface area contributed by atoms with Gasteiger partial charge in [0.25, 0.3) is 0 Å². The Labute approximate surface area is 321 Å². The Kier molecular flexibility index (Phi) is 31.2. The Morgan fingerprint density at radius 3 is 1.28 bits per heavy atom. The lowest BCUT2D eigenvalue weighted by Gasteiger charge is -2.38. The molecule has 1 aliphatic rings. The number of aliphatic hydroxyl groups is 3. The molecule has 0 aliphatic carbocycles. The molecular weight excluding hydrogens is 680 g/mol. The summed E-state index contributed by atoms with van der Waals surface area (Å²) in [5.74, 6) is -2.43. The molecule has 0 aromatic heterocycles. The van der Waals surface area contributed by atoms with E-state index in [9.17, 15) is 34.8 Å². The first-order valence-corrected chi connectivity index (χ1v) is 21.6. The van der Waals surface area contributed by atoms with Crippen molar-refractivity contribution in [2.24, 2.45) is 0 Å². The molecule has 1 saturated heterocycles. The Hall–Kier alpha value is -1.79. The first-order valence-electron chi connectivity index (χ1n) is 21.6. The van der Waals surface area contributed by atoms with E-state index in [1.54, 1.807) is 0 Å².